The lowest BCUT2D eigenvalue weighted by Gasteiger charge is -2.24. The van der Waals surface area contributed by atoms with Crippen LogP contribution in [0, 0.1) is 0 Å². The Balaban J connectivity index is 1.56. The van der Waals surface area contributed by atoms with Crippen molar-refractivity contribution in [1.82, 2.24) is 5.32 Å². The average Bonchev–Trinajstić information content (AvgIpc) is 3.01. The van der Waals surface area contributed by atoms with Crippen molar-refractivity contribution in [3.05, 3.63) is 101 Å². The first kappa shape index (κ1) is 16.1. The molecule has 27 heavy (non-hydrogen) atoms. The van der Waals surface area contributed by atoms with Crippen molar-refractivity contribution < 1.29 is 9.59 Å². The number of hydrogen-bond donors (Lipinski definition) is 1. The normalized spacial score (nSPS) is 18.1. The van der Waals surface area contributed by atoms with Gasteiger partial charge in [-0.1, -0.05) is 90.6 Å². The van der Waals surface area contributed by atoms with Gasteiger partial charge in [-0.3, -0.25) is 9.59 Å². The SMILES string of the molecule is O=C1NC2=C(C(=O)c3ccccc32)[C@@H](c2ccc(-c3ccccc3)cc2)S1. The van der Waals surface area contributed by atoms with Crippen LogP contribution < -0.4 is 5.32 Å². The van der Waals surface area contributed by atoms with E-state index in [9.17, 15) is 9.59 Å². The molecule has 0 aromatic heterocycles. The highest BCUT2D eigenvalue weighted by Gasteiger charge is 2.40. The third-order valence-corrected chi connectivity index (χ3v) is 6.05. The Labute approximate surface area is 161 Å². The maximum Gasteiger partial charge on any atom is 0.284 e. The molecule has 3 nitrogen and oxygen atoms in total. The van der Waals surface area contributed by atoms with Crippen molar-refractivity contribution in [3.8, 4) is 11.1 Å². The Kier molecular flexibility index (Phi) is 3.73. The van der Waals surface area contributed by atoms with Crippen LogP contribution >= 0.6 is 11.8 Å². The van der Waals surface area contributed by atoms with Crippen molar-refractivity contribution in [2.24, 2.45) is 0 Å². The van der Waals surface area contributed by atoms with Crippen molar-refractivity contribution in [3.63, 3.8) is 0 Å². The molecule has 1 N–H and O–H groups in total. The van der Waals surface area contributed by atoms with E-state index in [0.29, 0.717) is 16.8 Å². The fraction of sp³-hybridized carbons (Fsp3) is 0.0435. The molecule has 0 unspecified atom stereocenters. The van der Waals surface area contributed by atoms with Gasteiger partial charge in [0.15, 0.2) is 5.78 Å². The van der Waals surface area contributed by atoms with Gasteiger partial charge in [0.2, 0.25) is 0 Å². The minimum atomic E-state index is -0.293. The number of hydrogen-bond acceptors (Lipinski definition) is 3. The van der Waals surface area contributed by atoms with Gasteiger partial charge < -0.3 is 5.32 Å². The third kappa shape index (κ3) is 2.61. The number of carbonyl (C=O) groups excluding carboxylic acids is 2. The lowest BCUT2D eigenvalue weighted by atomic mass is 9.98. The number of rotatable bonds is 2. The Hall–Kier alpha value is -3.11. The van der Waals surface area contributed by atoms with Gasteiger partial charge in [0.25, 0.3) is 5.24 Å². The Morgan fingerprint density at radius 1 is 0.704 bits per heavy atom. The predicted octanol–water partition coefficient (Wildman–Crippen LogP) is 5.46. The molecule has 0 radical (unpaired) electrons. The second-order valence-electron chi connectivity index (χ2n) is 6.56. The minimum absolute atomic E-state index is 0.00485. The maximum atomic E-state index is 13.0. The molecule has 0 saturated heterocycles. The topological polar surface area (TPSA) is 46.2 Å². The number of nitrogens with one attached hydrogen (secondary N) is 1. The zero-order valence-electron chi connectivity index (χ0n) is 14.3. The molecule has 1 amide bonds. The number of amides is 1. The van der Waals surface area contributed by atoms with Crippen LogP contribution in [0.3, 0.4) is 0 Å². The second kappa shape index (κ2) is 6.25. The smallest absolute Gasteiger partial charge is 0.284 e. The van der Waals surface area contributed by atoms with Gasteiger partial charge in [-0.15, -0.1) is 0 Å². The maximum absolute atomic E-state index is 13.0. The van der Waals surface area contributed by atoms with Gasteiger partial charge in [-0.05, 0) is 16.7 Å². The molecule has 1 heterocycles. The van der Waals surface area contributed by atoms with Crippen LogP contribution in [0.2, 0.25) is 0 Å². The summed E-state index contributed by atoms with van der Waals surface area (Å²) in [5.74, 6) is 0.00485. The number of carbonyl (C=O) groups is 2. The van der Waals surface area contributed by atoms with E-state index in [4.69, 9.17) is 0 Å². The summed E-state index contributed by atoms with van der Waals surface area (Å²) in [4.78, 5) is 25.3. The summed E-state index contributed by atoms with van der Waals surface area (Å²) in [5, 5.41) is 2.46. The molecule has 0 saturated carbocycles. The number of ketones is 1. The molecule has 1 aliphatic heterocycles. The van der Waals surface area contributed by atoms with Crippen LogP contribution in [0.25, 0.3) is 16.8 Å². The summed E-state index contributed by atoms with van der Waals surface area (Å²) in [5.41, 5.74) is 6.03. The summed E-state index contributed by atoms with van der Waals surface area (Å²) in [6, 6.07) is 25.7. The zero-order chi connectivity index (χ0) is 18.4. The first-order valence-electron chi connectivity index (χ1n) is 8.73. The van der Waals surface area contributed by atoms with Gasteiger partial charge in [0.1, 0.15) is 0 Å². The molecular weight excluding hydrogens is 354 g/mol. The van der Waals surface area contributed by atoms with Crippen LogP contribution in [0.5, 0.6) is 0 Å². The largest absolute Gasteiger partial charge is 0.316 e. The van der Waals surface area contributed by atoms with Crippen LogP contribution in [-0.2, 0) is 0 Å². The number of thioether (sulfide) groups is 1. The Morgan fingerprint density at radius 3 is 2.07 bits per heavy atom. The van der Waals surface area contributed by atoms with E-state index in [1.54, 1.807) is 0 Å². The fourth-order valence-corrected chi connectivity index (χ4v) is 4.71. The highest BCUT2D eigenvalue weighted by Crippen LogP contribution is 2.48. The van der Waals surface area contributed by atoms with E-state index < -0.39 is 0 Å². The molecule has 3 aromatic rings. The minimum Gasteiger partial charge on any atom is -0.316 e. The van der Waals surface area contributed by atoms with Crippen molar-refractivity contribution in [1.29, 1.82) is 0 Å². The standard InChI is InChI=1S/C23H15NO2S/c25-21-18-9-5-4-8-17(18)20-19(21)22(27-23(26)24-20)16-12-10-15(11-13-16)14-6-2-1-3-7-14/h1-13,22H,(H,24,26)/t22-/m1/s1. The predicted molar refractivity (Wildman–Crippen MR) is 108 cm³/mol. The molecule has 3 aromatic carbocycles. The van der Waals surface area contributed by atoms with Gasteiger partial charge >= 0.3 is 0 Å². The second-order valence-corrected chi connectivity index (χ2v) is 7.64. The number of Topliss-reactive ketones (excluding diaryl/α,β-unsaturated/α-hetero) is 1. The summed E-state index contributed by atoms with van der Waals surface area (Å²) < 4.78 is 0. The van der Waals surface area contributed by atoms with Gasteiger partial charge in [0.05, 0.1) is 10.9 Å². The van der Waals surface area contributed by atoms with Gasteiger partial charge in [-0.25, -0.2) is 0 Å². The van der Waals surface area contributed by atoms with E-state index >= 15 is 0 Å². The molecule has 0 bridgehead atoms. The number of benzene rings is 3. The number of fused-ring (bicyclic) bond motifs is 2. The summed E-state index contributed by atoms with van der Waals surface area (Å²) in [6.07, 6.45) is 0. The molecular formula is C23H15NO2S. The molecule has 0 spiro atoms. The first-order chi connectivity index (χ1) is 13.2. The Bertz CT molecular complexity index is 1100. The highest BCUT2D eigenvalue weighted by molar-refractivity contribution is 8.14. The lowest BCUT2D eigenvalue weighted by molar-refractivity contribution is 0.103. The molecule has 1 atom stereocenters. The average molecular weight is 369 g/mol. The third-order valence-electron chi connectivity index (χ3n) is 4.99. The van der Waals surface area contributed by atoms with Gasteiger partial charge in [-0.2, -0.15) is 0 Å². The molecule has 0 fully saturated rings. The monoisotopic (exact) mass is 369 g/mol. The van der Waals surface area contributed by atoms with Crippen LogP contribution in [0.4, 0.5) is 4.79 Å². The Morgan fingerprint density at radius 2 is 1.33 bits per heavy atom. The summed E-state index contributed by atoms with van der Waals surface area (Å²) in [7, 11) is 0. The van der Waals surface area contributed by atoms with E-state index in [-0.39, 0.29) is 16.3 Å². The lowest BCUT2D eigenvalue weighted by Crippen LogP contribution is -2.25. The molecule has 1 aliphatic carbocycles. The highest BCUT2D eigenvalue weighted by atomic mass is 32.2. The van der Waals surface area contributed by atoms with Crippen LogP contribution in [-0.4, -0.2) is 11.0 Å². The van der Waals surface area contributed by atoms with E-state index in [1.807, 2.05) is 66.7 Å². The van der Waals surface area contributed by atoms with Crippen molar-refractivity contribution >= 4 is 28.5 Å². The van der Waals surface area contributed by atoms with Crippen LogP contribution in [0.15, 0.2) is 84.4 Å². The van der Waals surface area contributed by atoms with Crippen molar-refractivity contribution in [2.45, 2.75) is 5.25 Å². The van der Waals surface area contributed by atoms with E-state index in [1.165, 1.54) is 0 Å². The first-order valence-corrected chi connectivity index (χ1v) is 9.61. The molecule has 2 aliphatic rings. The van der Waals surface area contributed by atoms with E-state index in [2.05, 4.69) is 17.4 Å². The molecule has 5 rings (SSSR count). The fourth-order valence-electron chi connectivity index (χ4n) is 3.70. The van der Waals surface area contributed by atoms with Crippen molar-refractivity contribution in [2.75, 3.05) is 0 Å². The summed E-state index contributed by atoms with van der Waals surface area (Å²) >= 11 is 1.16. The van der Waals surface area contributed by atoms with Gasteiger partial charge in [0, 0.05) is 16.7 Å². The molecule has 4 heteroatoms. The quantitative estimate of drug-likeness (QED) is 0.652. The van der Waals surface area contributed by atoms with Crippen LogP contribution in [0.1, 0.15) is 26.7 Å². The van der Waals surface area contributed by atoms with E-state index in [0.717, 1.165) is 34.0 Å². The summed E-state index contributed by atoms with van der Waals surface area (Å²) in [6.45, 7) is 0. The molecule has 130 valence electrons. The zero-order valence-corrected chi connectivity index (χ0v) is 15.1.